The predicted molar refractivity (Wildman–Crippen MR) is 92.2 cm³/mol. The van der Waals surface area contributed by atoms with Gasteiger partial charge in [0, 0.05) is 6.54 Å². The Morgan fingerprint density at radius 2 is 1.56 bits per heavy atom. The highest BCUT2D eigenvalue weighted by Gasteiger charge is 2.17. The van der Waals surface area contributed by atoms with E-state index in [0.717, 1.165) is 5.56 Å². The first-order chi connectivity index (χ1) is 11.6. The van der Waals surface area contributed by atoms with Crippen molar-refractivity contribution in [2.45, 2.75) is 44.2 Å². The number of hydrogen-bond donors (Lipinski definition) is 1. The molecule has 136 valence electrons. The Hall–Kier alpha value is -1.99. The van der Waals surface area contributed by atoms with Gasteiger partial charge in [-0.2, -0.15) is 8.78 Å². The van der Waals surface area contributed by atoms with E-state index in [9.17, 15) is 17.2 Å². The number of benzene rings is 2. The summed E-state index contributed by atoms with van der Waals surface area (Å²) in [4.78, 5) is 0.179. The summed E-state index contributed by atoms with van der Waals surface area (Å²) in [5.41, 5.74) is 1.62. The van der Waals surface area contributed by atoms with E-state index in [-0.39, 0.29) is 22.6 Å². The lowest BCUT2D eigenvalue weighted by Crippen LogP contribution is -2.23. The third kappa shape index (κ3) is 5.51. The second-order valence-electron chi connectivity index (χ2n) is 6.62. The number of sulfonamides is 1. The van der Waals surface area contributed by atoms with Crippen molar-refractivity contribution in [3.8, 4) is 5.75 Å². The molecule has 0 aliphatic rings. The molecule has 0 bridgehead atoms. The summed E-state index contributed by atoms with van der Waals surface area (Å²) in [6.45, 7) is 3.32. The Morgan fingerprint density at radius 3 is 2.04 bits per heavy atom. The van der Waals surface area contributed by atoms with Gasteiger partial charge in [-0.3, -0.25) is 0 Å². The van der Waals surface area contributed by atoms with E-state index in [0.29, 0.717) is 5.56 Å². The highest BCUT2D eigenvalue weighted by Crippen LogP contribution is 2.23. The summed E-state index contributed by atoms with van der Waals surface area (Å²) < 4.78 is 55.6. The number of hydrogen-bond acceptors (Lipinski definition) is 3. The normalized spacial score (nSPS) is 12.4. The van der Waals surface area contributed by atoms with E-state index in [1.165, 1.54) is 24.3 Å². The van der Waals surface area contributed by atoms with Gasteiger partial charge < -0.3 is 4.74 Å². The number of nitrogens with one attached hydrogen (secondary N) is 1. The zero-order chi connectivity index (χ0) is 18.7. The van der Waals surface area contributed by atoms with Gasteiger partial charge in [0.15, 0.2) is 0 Å². The molecule has 1 N–H and O–H groups in total. The maximum atomic E-state index is 12.3. The van der Waals surface area contributed by atoms with E-state index in [2.05, 4.69) is 30.2 Å². The first kappa shape index (κ1) is 19.3. The zero-order valence-corrected chi connectivity index (χ0v) is 15.1. The van der Waals surface area contributed by atoms with Crippen LogP contribution in [0.2, 0.25) is 0 Å². The lowest BCUT2D eigenvalue weighted by Gasteiger charge is -2.19. The molecule has 25 heavy (non-hydrogen) atoms. The molecule has 0 amide bonds. The van der Waals surface area contributed by atoms with Crippen molar-refractivity contribution >= 4 is 10.0 Å². The Bertz CT molecular complexity index is 796. The van der Waals surface area contributed by atoms with E-state index < -0.39 is 16.6 Å². The maximum Gasteiger partial charge on any atom is 0.387 e. The van der Waals surface area contributed by atoms with Crippen molar-refractivity contribution in [1.82, 2.24) is 4.72 Å². The predicted octanol–water partition coefficient (Wildman–Crippen LogP) is 4.06. The second-order valence-corrected chi connectivity index (χ2v) is 8.39. The van der Waals surface area contributed by atoms with Crippen LogP contribution < -0.4 is 9.46 Å². The molecule has 4 nitrogen and oxygen atoms in total. The van der Waals surface area contributed by atoms with Gasteiger partial charge in [-0.25, -0.2) is 13.1 Å². The van der Waals surface area contributed by atoms with Gasteiger partial charge in [0.25, 0.3) is 0 Å². The van der Waals surface area contributed by atoms with Gasteiger partial charge in [-0.15, -0.1) is 0 Å². The lowest BCUT2D eigenvalue weighted by molar-refractivity contribution is -0.0498. The fourth-order valence-electron chi connectivity index (χ4n) is 2.18. The Labute approximate surface area is 146 Å². The van der Waals surface area contributed by atoms with Gasteiger partial charge in [-0.1, -0.05) is 45.0 Å². The molecule has 7 heteroatoms. The molecule has 2 rings (SSSR count). The summed E-state index contributed by atoms with van der Waals surface area (Å²) >= 11 is 0. The molecule has 0 saturated heterocycles. The van der Waals surface area contributed by atoms with E-state index >= 15 is 0 Å². The lowest BCUT2D eigenvalue weighted by atomic mass is 9.87. The second kappa shape index (κ2) is 7.49. The van der Waals surface area contributed by atoms with E-state index in [4.69, 9.17) is 0 Å². The molecular formula is C18H21F2NO3S. The molecule has 0 unspecified atom stereocenters. The van der Waals surface area contributed by atoms with Crippen LogP contribution in [-0.4, -0.2) is 15.0 Å². The quantitative estimate of drug-likeness (QED) is 0.835. The van der Waals surface area contributed by atoms with Crippen LogP contribution in [0, 0.1) is 0 Å². The van der Waals surface area contributed by atoms with Gasteiger partial charge in [0.1, 0.15) is 5.75 Å². The molecule has 0 aliphatic carbocycles. The zero-order valence-electron chi connectivity index (χ0n) is 14.3. The number of ether oxygens (including phenoxy) is 1. The highest BCUT2D eigenvalue weighted by molar-refractivity contribution is 7.89. The summed E-state index contributed by atoms with van der Waals surface area (Å²) in [6, 6.07) is 12.5. The summed E-state index contributed by atoms with van der Waals surface area (Å²) in [6.07, 6.45) is 0. The van der Waals surface area contributed by atoms with Crippen molar-refractivity contribution in [3.05, 3.63) is 59.7 Å². The third-order valence-corrected chi connectivity index (χ3v) is 5.06. The molecule has 0 aliphatic heterocycles. The monoisotopic (exact) mass is 369 g/mol. The van der Waals surface area contributed by atoms with E-state index in [1.54, 1.807) is 24.3 Å². The molecular weight excluding hydrogens is 348 g/mol. The minimum atomic E-state index is -3.65. The largest absolute Gasteiger partial charge is 0.435 e. The average Bonchev–Trinajstić information content (AvgIpc) is 2.53. The van der Waals surface area contributed by atoms with Gasteiger partial charge in [0.2, 0.25) is 10.0 Å². The van der Waals surface area contributed by atoms with Crippen LogP contribution in [0.4, 0.5) is 8.78 Å². The van der Waals surface area contributed by atoms with Crippen LogP contribution in [0.15, 0.2) is 53.4 Å². The summed E-state index contributed by atoms with van der Waals surface area (Å²) in [5.74, 6) is 0.0272. The minimum Gasteiger partial charge on any atom is -0.435 e. The van der Waals surface area contributed by atoms with E-state index in [1.807, 2.05) is 0 Å². The van der Waals surface area contributed by atoms with Gasteiger partial charge in [0.05, 0.1) is 4.90 Å². The minimum absolute atomic E-state index is 0.0272. The number of halogens is 2. The summed E-state index contributed by atoms with van der Waals surface area (Å²) in [7, 11) is -3.65. The Morgan fingerprint density at radius 1 is 1.00 bits per heavy atom. The molecule has 0 atom stereocenters. The number of rotatable bonds is 6. The van der Waals surface area contributed by atoms with Crippen molar-refractivity contribution in [3.63, 3.8) is 0 Å². The van der Waals surface area contributed by atoms with Crippen LogP contribution in [-0.2, 0) is 22.0 Å². The van der Waals surface area contributed by atoms with Gasteiger partial charge >= 0.3 is 6.61 Å². The maximum absolute atomic E-state index is 12.3. The third-order valence-electron chi connectivity index (χ3n) is 3.65. The molecule has 0 saturated carbocycles. The highest BCUT2D eigenvalue weighted by atomic mass is 32.2. The molecule has 0 fully saturated rings. The fraction of sp³-hybridized carbons (Fsp3) is 0.333. The first-order valence-electron chi connectivity index (χ1n) is 7.72. The average molecular weight is 369 g/mol. The Kier molecular flexibility index (Phi) is 5.80. The van der Waals surface area contributed by atoms with Crippen LogP contribution in [0.3, 0.4) is 0 Å². The molecule has 0 radical (unpaired) electrons. The standard InChI is InChI=1S/C18H21F2NO3S/c1-18(2,3)14-6-10-16(11-7-14)25(22,23)21-12-13-4-8-15(9-5-13)24-17(19)20/h4-11,17,21H,12H2,1-3H3. The van der Waals surface area contributed by atoms with Crippen molar-refractivity contribution in [2.24, 2.45) is 0 Å². The fourth-order valence-corrected chi connectivity index (χ4v) is 3.20. The van der Waals surface area contributed by atoms with Crippen LogP contribution >= 0.6 is 0 Å². The number of alkyl halides is 2. The van der Waals surface area contributed by atoms with Crippen LogP contribution in [0.5, 0.6) is 5.75 Å². The first-order valence-corrected chi connectivity index (χ1v) is 9.20. The Balaban J connectivity index is 2.04. The van der Waals surface area contributed by atoms with Crippen LogP contribution in [0.1, 0.15) is 31.9 Å². The van der Waals surface area contributed by atoms with Gasteiger partial charge in [-0.05, 0) is 40.8 Å². The molecule has 0 spiro atoms. The topological polar surface area (TPSA) is 55.4 Å². The smallest absolute Gasteiger partial charge is 0.387 e. The van der Waals surface area contributed by atoms with Crippen molar-refractivity contribution < 1.29 is 21.9 Å². The summed E-state index contributed by atoms with van der Waals surface area (Å²) in [5, 5.41) is 0. The molecule has 2 aromatic carbocycles. The SMILES string of the molecule is CC(C)(C)c1ccc(S(=O)(=O)NCc2ccc(OC(F)F)cc2)cc1. The van der Waals surface area contributed by atoms with Crippen molar-refractivity contribution in [1.29, 1.82) is 0 Å². The molecule has 0 aromatic heterocycles. The molecule has 0 heterocycles. The molecule has 2 aromatic rings. The van der Waals surface area contributed by atoms with Crippen LogP contribution in [0.25, 0.3) is 0 Å². The van der Waals surface area contributed by atoms with Crippen molar-refractivity contribution in [2.75, 3.05) is 0 Å².